The van der Waals surface area contributed by atoms with E-state index in [4.69, 9.17) is 55.6 Å². The van der Waals surface area contributed by atoms with Crippen molar-refractivity contribution in [3.8, 4) is 23.0 Å². The first-order chi connectivity index (χ1) is 44.2. The number of anilines is 2. The number of morpholine rings is 2. The third-order valence-corrected chi connectivity index (χ3v) is 14.7. The molecule has 3 amide bonds. The standard InChI is InChI=1S/C25H24F3N3O5S.C11H9F3N2S.C10H9F3O.C10H12O5.C6H10ClNO2/c1-34-21-13-17(5-6-20(21)36-15-22(32)31-7-9-35-10-8-31)23(33)30-24-29-14-19(37-24)12-16-3-2-4-18(11-16)25(26,27)28;12-11(13,14)8-3-1-2-7(4-8)5-9-6-16-10(15)17-9;11-10(12,13)9-5-1-3-8(7-9)4-2-6-14;1-13-6-15-8-4-3-7(10(11)12)5-9(8)14-2;7-5-6(9)8-1-3-10-4-2-8/h2-6,11,13-14H,7-10,12,15H2,1H3,(H,29,30,33);1-4,6H,5H2,(H2,15,16);1,3,5-7H,2,4H2;3-5H,6H2,1-2H3,(H,11,12);1-5H2. The van der Waals surface area contributed by atoms with Crippen molar-refractivity contribution in [1.29, 1.82) is 0 Å². The number of aldehydes is 1. The Morgan fingerprint density at radius 2 is 1.09 bits per heavy atom. The average Bonchev–Trinajstić information content (AvgIpc) is 1.92. The van der Waals surface area contributed by atoms with Crippen LogP contribution in [0.5, 0.6) is 23.0 Å². The van der Waals surface area contributed by atoms with Crippen LogP contribution in [0.1, 0.15) is 70.3 Å². The second-order valence-corrected chi connectivity index (χ2v) is 21.9. The number of methoxy groups -OCH3 is 3. The summed E-state index contributed by atoms with van der Waals surface area (Å²) in [7, 11) is 4.37. The number of rotatable bonds is 19. The molecule has 0 bridgehead atoms. The number of thiazole rings is 2. The molecule has 0 spiro atoms. The molecule has 2 fully saturated rings. The Morgan fingerprint density at radius 1 is 0.624 bits per heavy atom. The van der Waals surface area contributed by atoms with Gasteiger partial charge in [-0.2, -0.15) is 39.5 Å². The van der Waals surface area contributed by atoms with E-state index in [1.807, 2.05) is 0 Å². The molecule has 5 aromatic carbocycles. The number of amides is 3. The summed E-state index contributed by atoms with van der Waals surface area (Å²) in [5.41, 5.74) is 5.50. The van der Waals surface area contributed by atoms with Crippen molar-refractivity contribution in [1.82, 2.24) is 19.8 Å². The molecule has 0 unspecified atom stereocenters. The highest BCUT2D eigenvalue weighted by atomic mass is 35.5. The summed E-state index contributed by atoms with van der Waals surface area (Å²) in [5, 5.41) is 12.2. The number of benzene rings is 5. The predicted octanol–water partition coefficient (Wildman–Crippen LogP) is 11.9. The highest BCUT2D eigenvalue weighted by Gasteiger charge is 2.32. The maximum Gasteiger partial charge on any atom is 0.416 e. The smallest absolute Gasteiger partial charge is 0.416 e. The lowest BCUT2D eigenvalue weighted by Crippen LogP contribution is -2.43. The Balaban J connectivity index is 0.000000233. The lowest BCUT2D eigenvalue weighted by molar-refractivity contribution is -0.138. The number of halogens is 10. The monoisotopic (exact) mass is 1370 g/mol. The van der Waals surface area contributed by atoms with Gasteiger partial charge in [-0.3, -0.25) is 19.7 Å². The molecule has 4 N–H and O–H groups in total. The minimum absolute atomic E-state index is 0.00460. The highest BCUT2D eigenvalue weighted by Crippen LogP contribution is 2.34. The van der Waals surface area contributed by atoms with Crippen molar-refractivity contribution >= 4 is 74.5 Å². The summed E-state index contributed by atoms with van der Waals surface area (Å²) in [4.78, 5) is 69.6. The zero-order chi connectivity index (χ0) is 68.1. The van der Waals surface area contributed by atoms with Crippen molar-refractivity contribution in [2.24, 2.45) is 0 Å². The number of aromatic nitrogens is 2. The van der Waals surface area contributed by atoms with E-state index < -0.39 is 47.1 Å². The summed E-state index contributed by atoms with van der Waals surface area (Å²) >= 11 is 7.81. The molecule has 2 aliphatic rings. The van der Waals surface area contributed by atoms with Gasteiger partial charge in [-0.25, -0.2) is 14.8 Å². The minimum Gasteiger partial charge on any atom is -0.493 e. The number of nitrogen functional groups attached to an aromatic ring is 1. The zero-order valence-electron chi connectivity index (χ0n) is 50.0. The molecule has 7 aromatic rings. The maximum atomic E-state index is 13.0. The van der Waals surface area contributed by atoms with Crippen LogP contribution in [0.15, 0.2) is 122 Å². The van der Waals surface area contributed by atoms with Crippen LogP contribution in [-0.4, -0.2) is 148 Å². The molecule has 31 heteroatoms. The van der Waals surface area contributed by atoms with Gasteiger partial charge >= 0.3 is 24.5 Å². The fourth-order valence-electron chi connectivity index (χ4n) is 8.18. The van der Waals surface area contributed by atoms with Crippen LogP contribution >= 0.6 is 34.3 Å². The Hall–Kier alpha value is -8.55. The first-order valence-corrected chi connectivity index (χ1v) is 29.9. The third-order valence-electron chi connectivity index (χ3n) is 12.8. The Labute approximate surface area is 541 Å². The van der Waals surface area contributed by atoms with Gasteiger partial charge in [0.15, 0.2) is 46.7 Å². The van der Waals surface area contributed by atoms with Crippen LogP contribution in [0, 0.1) is 0 Å². The number of alkyl halides is 10. The van der Waals surface area contributed by atoms with Gasteiger partial charge in [-0.05, 0) is 77.7 Å². The summed E-state index contributed by atoms with van der Waals surface area (Å²) in [6.07, 6.45) is -7.96. The average molecular weight is 1370 g/mol. The van der Waals surface area contributed by atoms with E-state index in [9.17, 15) is 63.5 Å². The van der Waals surface area contributed by atoms with Gasteiger partial charge in [0.05, 0.1) is 62.9 Å². The molecule has 4 heterocycles. The van der Waals surface area contributed by atoms with E-state index in [0.29, 0.717) is 121 Å². The second-order valence-electron chi connectivity index (χ2n) is 19.4. The molecule has 0 radical (unpaired) electrons. The number of nitrogens with two attached hydrogens (primary N) is 1. The van der Waals surface area contributed by atoms with E-state index >= 15 is 0 Å². The van der Waals surface area contributed by atoms with Crippen molar-refractivity contribution in [3.63, 3.8) is 0 Å². The summed E-state index contributed by atoms with van der Waals surface area (Å²) < 4.78 is 149. The van der Waals surface area contributed by atoms with Gasteiger partial charge in [0.2, 0.25) is 5.91 Å². The topological polar surface area (TPSA) is 241 Å². The van der Waals surface area contributed by atoms with Gasteiger partial charge in [-0.15, -0.1) is 34.3 Å². The molecule has 2 aromatic heterocycles. The maximum absolute atomic E-state index is 13.0. The van der Waals surface area contributed by atoms with Crippen molar-refractivity contribution in [2.75, 3.05) is 104 Å². The number of aryl methyl sites for hydroxylation is 1. The van der Waals surface area contributed by atoms with Crippen LogP contribution in [-0.2, 0) is 66.4 Å². The molecule has 502 valence electrons. The fourth-order valence-corrected chi connectivity index (χ4v) is 9.91. The largest absolute Gasteiger partial charge is 0.493 e. The van der Waals surface area contributed by atoms with Crippen molar-refractivity contribution < 1.29 is 102 Å². The Kier molecular flexibility index (Phi) is 30.1. The van der Waals surface area contributed by atoms with Crippen LogP contribution in [0.2, 0.25) is 0 Å². The first kappa shape index (κ1) is 75.2. The number of ether oxygens (including phenoxy) is 7. The number of carbonyl (C=O) groups is 5. The quantitative estimate of drug-likeness (QED) is 0.0295. The van der Waals surface area contributed by atoms with E-state index in [1.165, 1.54) is 98.7 Å². The summed E-state index contributed by atoms with van der Waals surface area (Å²) in [6.45, 7) is 4.57. The minimum atomic E-state index is -4.41. The molecule has 2 aliphatic heterocycles. The van der Waals surface area contributed by atoms with E-state index in [0.717, 1.165) is 41.3 Å². The number of nitrogens with zero attached hydrogens (tertiary/aromatic N) is 4. The van der Waals surface area contributed by atoms with Crippen molar-refractivity contribution in [3.05, 3.63) is 176 Å². The number of carboxylic acid groups (broad SMARTS) is 1. The zero-order valence-corrected chi connectivity index (χ0v) is 52.4. The lowest BCUT2D eigenvalue weighted by atomic mass is 10.1. The number of hydrogen-bond donors (Lipinski definition) is 3. The molecule has 19 nitrogen and oxygen atoms in total. The van der Waals surface area contributed by atoms with Gasteiger partial charge in [0.25, 0.3) is 11.8 Å². The molecule has 0 atom stereocenters. The van der Waals surface area contributed by atoms with Gasteiger partial charge < -0.3 is 58.6 Å². The van der Waals surface area contributed by atoms with Crippen LogP contribution in [0.25, 0.3) is 0 Å². The number of hydrogen-bond acceptors (Lipinski definition) is 17. The fraction of sp³-hybridized carbons (Fsp3) is 0.339. The summed E-state index contributed by atoms with van der Waals surface area (Å²) in [6, 6.07) is 24.3. The number of aromatic carboxylic acids is 1. The van der Waals surface area contributed by atoms with Gasteiger partial charge in [0.1, 0.15) is 12.2 Å². The van der Waals surface area contributed by atoms with E-state index in [1.54, 1.807) is 40.3 Å². The molecular formula is C62H64ClF9N6O13S2. The third kappa shape index (κ3) is 25.8. The van der Waals surface area contributed by atoms with Crippen LogP contribution < -0.4 is 30.0 Å². The first-order valence-electron chi connectivity index (χ1n) is 27.7. The number of carboxylic acids is 1. The molecule has 2 saturated heterocycles. The van der Waals surface area contributed by atoms with Crippen LogP contribution in [0.3, 0.4) is 0 Å². The summed E-state index contributed by atoms with van der Waals surface area (Å²) in [5.74, 6) is -0.121. The second kappa shape index (κ2) is 37.2. The Morgan fingerprint density at radius 3 is 1.55 bits per heavy atom. The number of carbonyl (C=O) groups excluding carboxylic acids is 4. The molecule has 93 heavy (non-hydrogen) atoms. The molecule has 9 rings (SSSR count). The normalized spacial score (nSPS) is 13.0. The Bertz CT molecular complexity index is 3530. The highest BCUT2D eigenvalue weighted by molar-refractivity contribution is 7.15. The number of nitrogens with one attached hydrogen (secondary N) is 1. The molecule has 0 saturated carbocycles. The predicted molar refractivity (Wildman–Crippen MR) is 327 cm³/mol. The molecule has 0 aliphatic carbocycles. The SMILES string of the molecule is COCOc1ccc(C(=O)O)cc1OC.COc1cc(C(=O)Nc2ncc(Cc3cccc(C(F)(F)F)c3)s2)ccc1OCC(=O)N1CCOCC1.Nc1ncc(Cc2cccc(C(F)(F)F)c2)s1.O=C(CCl)N1CCOCC1.O=CCCc1cccc(C(F)(F)F)c1. The van der Waals surface area contributed by atoms with Gasteiger partial charge in [-0.1, -0.05) is 54.6 Å². The van der Waals surface area contributed by atoms with Crippen LogP contribution in [0.4, 0.5) is 49.8 Å². The van der Waals surface area contributed by atoms with Crippen molar-refractivity contribution in [2.45, 2.75) is 44.2 Å². The lowest BCUT2D eigenvalue weighted by Gasteiger charge is -2.26. The molecular weight excluding hydrogens is 1310 g/mol. The van der Waals surface area contributed by atoms with E-state index in [-0.39, 0.29) is 60.8 Å². The van der Waals surface area contributed by atoms with E-state index in [2.05, 4.69) is 15.3 Å². The van der Waals surface area contributed by atoms with Gasteiger partial charge in [0, 0.05) is 80.3 Å².